The van der Waals surface area contributed by atoms with E-state index in [2.05, 4.69) is 5.32 Å². The Kier molecular flexibility index (Phi) is 7.07. The number of benzene rings is 3. The van der Waals surface area contributed by atoms with Crippen molar-refractivity contribution in [3.63, 3.8) is 0 Å². The minimum Gasteiger partial charge on any atom is -0.493 e. The molecular weight excluding hydrogens is 456 g/mol. The standard InChI is InChI=1S/C26H21ClN2O3S/c1-31-23-12-10-17(14-24(23)32-2)11-13-25(30)28-19-7-5-6-18(15-19)22-16-33-26(29-22)20-8-3-4-9-21(20)27/h3-16H,1-2H3,(H,28,30)/b13-11+. The first-order valence-corrected chi connectivity index (χ1v) is 11.3. The van der Waals surface area contributed by atoms with Gasteiger partial charge < -0.3 is 14.8 Å². The number of nitrogens with one attached hydrogen (secondary N) is 1. The molecule has 0 radical (unpaired) electrons. The third-order valence-corrected chi connectivity index (χ3v) is 6.07. The normalized spacial score (nSPS) is 10.9. The molecule has 1 amide bonds. The van der Waals surface area contributed by atoms with Crippen LogP contribution in [0.4, 0.5) is 5.69 Å². The lowest BCUT2D eigenvalue weighted by atomic mass is 10.1. The lowest BCUT2D eigenvalue weighted by Gasteiger charge is -2.07. The maximum absolute atomic E-state index is 12.5. The van der Waals surface area contributed by atoms with E-state index in [-0.39, 0.29) is 5.91 Å². The van der Waals surface area contributed by atoms with Gasteiger partial charge in [-0.25, -0.2) is 4.98 Å². The maximum Gasteiger partial charge on any atom is 0.248 e. The summed E-state index contributed by atoms with van der Waals surface area (Å²) in [6, 6.07) is 20.7. The molecular formula is C26H21ClN2O3S. The Morgan fingerprint density at radius 2 is 1.82 bits per heavy atom. The molecule has 33 heavy (non-hydrogen) atoms. The predicted molar refractivity (Wildman–Crippen MR) is 135 cm³/mol. The second kappa shape index (κ2) is 10.3. The average molecular weight is 477 g/mol. The number of thiazole rings is 1. The van der Waals surface area contributed by atoms with Gasteiger partial charge in [0.2, 0.25) is 5.91 Å². The van der Waals surface area contributed by atoms with Crippen molar-refractivity contribution in [2.75, 3.05) is 19.5 Å². The molecule has 4 rings (SSSR count). The van der Waals surface area contributed by atoms with Crippen LogP contribution in [-0.4, -0.2) is 25.1 Å². The third kappa shape index (κ3) is 5.42. The number of carbonyl (C=O) groups is 1. The summed E-state index contributed by atoms with van der Waals surface area (Å²) in [5.74, 6) is 1.000. The molecule has 0 aliphatic rings. The largest absolute Gasteiger partial charge is 0.493 e. The molecule has 7 heteroatoms. The zero-order valence-electron chi connectivity index (χ0n) is 18.0. The molecule has 4 aromatic rings. The summed E-state index contributed by atoms with van der Waals surface area (Å²) in [6.07, 6.45) is 3.20. The van der Waals surface area contributed by atoms with Crippen molar-refractivity contribution in [2.24, 2.45) is 0 Å². The Morgan fingerprint density at radius 3 is 2.61 bits per heavy atom. The first kappa shape index (κ1) is 22.6. The predicted octanol–water partition coefficient (Wildman–Crippen LogP) is 6.80. The van der Waals surface area contributed by atoms with Crippen LogP contribution in [0, 0.1) is 0 Å². The fraction of sp³-hybridized carbons (Fsp3) is 0.0769. The summed E-state index contributed by atoms with van der Waals surface area (Å²) in [5.41, 5.74) is 4.14. The minimum absolute atomic E-state index is 0.239. The van der Waals surface area contributed by atoms with Crippen molar-refractivity contribution in [1.82, 2.24) is 4.98 Å². The van der Waals surface area contributed by atoms with Crippen molar-refractivity contribution in [1.29, 1.82) is 0 Å². The van der Waals surface area contributed by atoms with E-state index >= 15 is 0 Å². The van der Waals surface area contributed by atoms with Crippen molar-refractivity contribution < 1.29 is 14.3 Å². The Morgan fingerprint density at radius 1 is 1.00 bits per heavy atom. The van der Waals surface area contributed by atoms with Crippen LogP contribution in [0.5, 0.6) is 11.5 Å². The van der Waals surface area contributed by atoms with Crippen LogP contribution in [0.3, 0.4) is 0 Å². The summed E-state index contributed by atoms with van der Waals surface area (Å²) in [6.45, 7) is 0. The maximum atomic E-state index is 12.5. The first-order chi connectivity index (χ1) is 16.1. The molecule has 0 fully saturated rings. The van der Waals surface area contributed by atoms with Gasteiger partial charge in [-0.05, 0) is 42.0 Å². The van der Waals surface area contributed by atoms with Crippen molar-refractivity contribution >= 4 is 40.6 Å². The van der Waals surface area contributed by atoms with Gasteiger partial charge in [0, 0.05) is 28.3 Å². The number of rotatable bonds is 7. The Balaban J connectivity index is 1.47. The second-order valence-electron chi connectivity index (χ2n) is 7.04. The van der Waals surface area contributed by atoms with E-state index in [1.165, 1.54) is 17.4 Å². The monoisotopic (exact) mass is 476 g/mol. The van der Waals surface area contributed by atoms with Crippen LogP contribution >= 0.6 is 22.9 Å². The molecule has 0 saturated carbocycles. The SMILES string of the molecule is COc1ccc(/C=C/C(=O)Nc2cccc(-c3csc(-c4ccccc4Cl)n3)c2)cc1OC. The molecule has 0 unspecified atom stereocenters. The van der Waals surface area contributed by atoms with E-state index in [0.29, 0.717) is 22.2 Å². The van der Waals surface area contributed by atoms with Crippen LogP contribution in [0.15, 0.2) is 78.2 Å². The number of carbonyl (C=O) groups excluding carboxylic acids is 1. The summed E-state index contributed by atoms with van der Waals surface area (Å²) >= 11 is 7.83. The molecule has 1 aromatic heterocycles. The van der Waals surface area contributed by atoms with E-state index in [0.717, 1.165) is 27.4 Å². The molecule has 3 aromatic carbocycles. The van der Waals surface area contributed by atoms with Crippen LogP contribution in [-0.2, 0) is 4.79 Å². The van der Waals surface area contributed by atoms with Crippen molar-refractivity contribution in [3.8, 4) is 33.3 Å². The highest BCUT2D eigenvalue weighted by Gasteiger charge is 2.10. The van der Waals surface area contributed by atoms with Gasteiger partial charge >= 0.3 is 0 Å². The number of anilines is 1. The zero-order valence-corrected chi connectivity index (χ0v) is 19.6. The number of halogens is 1. The smallest absolute Gasteiger partial charge is 0.248 e. The van der Waals surface area contributed by atoms with Gasteiger partial charge in [0.15, 0.2) is 11.5 Å². The Labute approximate surface area is 201 Å². The third-order valence-electron chi connectivity index (χ3n) is 4.87. The second-order valence-corrected chi connectivity index (χ2v) is 8.30. The van der Waals surface area contributed by atoms with Crippen molar-refractivity contribution in [3.05, 3.63) is 88.8 Å². The first-order valence-electron chi connectivity index (χ1n) is 10.1. The van der Waals surface area contributed by atoms with Gasteiger partial charge in [-0.1, -0.05) is 48.0 Å². The van der Waals surface area contributed by atoms with E-state index in [9.17, 15) is 4.79 Å². The van der Waals surface area contributed by atoms with Gasteiger partial charge in [0.1, 0.15) is 5.01 Å². The molecule has 0 saturated heterocycles. The minimum atomic E-state index is -0.239. The molecule has 0 bridgehead atoms. The fourth-order valence-corrected chi connectivity index (χ4v) is 4.38. The number of aromatic nitrogens is 1. The molecule has 1 N–H and O–H groups in total. The molecule has 1 heterocycles. The highest BCUT2D eigenvalue weighted by atomic mass is 35.5. The van der Waals surface area contributed by atoms with Gasteiger partial charge in [-0.3, -0.25) is 4.79 Å². The van der Waals surface area contributed by atoms with Gasteiger partial charge in [-0.2, -0.15) is 0 Å². The summed E-state index contributed by atoms with van der Waals surface area (Å²) in [5, 5.41) is 6.39. The summed E-state index contributed by atoms with van der Waals surface area (Å²) in [4.78, 5) is 17.2. The lowest BCUT2D eigenvalue weighted by molar-refractivity contribution is -0.111. The highest BCUT2D eigenvalue weighted by Crippen LogP contribution is 2.33. The molecule has 0 atom stereocenters. The van der Waals surface area contributed by atoms with Gasteiger partial charge in [0.05, 0.1) is 24.9 Å². The van der Waals surface area contributed by atoms with Crippen LogP contribution in [0.25, 0.3) is 27.9 Å². The highest BCUT2D eigenvalue weighted by molar-refractivity contribution is 7.13. The molecule has 0 aliphatic carbocycles. The molecule has 5 nitrogen and oxygen atoms in total. The Bertz CT molecular complexity index is 1320. The lowest BCUT2D eigenvalue weighted by Crippen LogP contribution is -2.07. The summed E-state index contributed by atoms with van der Waals surface area (Å²) < 4.78 is 10.5. The Hall–Kier alpha value is -3.61. The van der Waals surface area contributed by atoms with E-state index in [1.54, 1.807) is 26.4 Å². The summed E-state index contributed by atoms with van der Waals surface area (Å²) in [7, 11) is 3.16. The van der Waals surface area contributed by atoms with Crippen molar-refractivity contribution in [2.45, 2.75) is 0 Å². The number of nitrogens with zero attached hydrogens (tertiary/aromatic N) is 1. The van der Waals surface area contributed by atoms with E-state index < -0.39 is 0 Å². The van der Waals surface area contributed by atoms with Gasteiger partial charge in [0.25, 0.3) is 0 Å². The van der Waals surface area contributed by atoms with Crippen LogP contribution in [0.1, 0.15) is 5.56 Å². The van der Waals surface area contributed by atoms with Crippen LogP contribution < -0.4 is 14.8 Å². The number of methoxy groups -OCH3 is 2. The fourth-order valence-electron chi connectivity index (χ4n) is 3.23. The zero-order chi connectivity index (χ0) is 23.2. The molecule has 0 spiro atoms. The number of ether oxygens (including phenoxy) is 2. The van der Waals surface area contributed by atoms with Crippen LogP contribution in [0.2, 0.25) is 5.02 Å². The molecule has 0 aliphatic heterocycles. The van der Waals surface area contributed by atoms with E-state index in [4.69, 9.17) is 26.1 Å². The van der Waals surface area contributed by atoms with Gasteiger partial charge in [-0.15, -0.1) is 11.3 Å². The van der Waals surface area contributed by atoms with E-state index in [1.807, 2.05) is 66.0 Å². The number of amides is 1. The molecule has 166 valence electrons. The quantitative estimate of drug-likeness (QED) is 0.298. The number of hydrogen-bond acceptors (Lipinski definition) is 5. The topological polar surface area (TPSA) is 60.5 Å². The number of hydrogen-bond donors (Lipinski definition) is 1. The average Bonchev–Trinajstić information content (AvgIpc) is 3.33.